The van der Waals surface area contributed by atoms with Crippen molar-refractivity contribution in [1.82, 2.24) is 9.88 Å². The molecule has 2 amide bonds. The van der Waals surface area contributed by atoms with Gasteiger partial charge in [0.1, 0.15) is 17.2 Å². The van der Waals surface area contributed by atoms with Crippen molar-refractivity contribution in [2.24, 2.45) is 0 Å². The number of rotatable bonds is 8. The van der Waals surface area contributed by atoms with Crippen LogP contribution in [-0.4, -0.2) is 55.0 Å². The summed E-state index contributed by atoms with van der Waals surface area (Å²) in [5.74, 6) is 0.142. The number of nitrogens with one attached hydrogen (secondary N) is 1. The Morgan fingerprint density at radius 1 is 0.968 bits per heavy atom. The summed E-state index contributed by atoms with van der Waals surface area (Å²) in [6.07, 6.45) is 1.06. The SMILES string of the molecule is COc1cc(OC)c2[nH]c(C(=O)OCCCCN3C(=O)c4ccccc4C3=O)cc2c1. The van der Waals surface area contributed by atoms with Gasteiger partial charge in [-0.25, -0.2) is 4.79 Å². The highest BCUT2D eigenvalue weighted by Crippen LogP contribution is 2.31. The van der Waals surface area contributed by atoms with Gasteiger partial charge in [0.2, 0.25) is 0 Å². The lowest BCUT2D eigenvalue weighted by Gasteiger charge is -2.13. The first-order chi connectivity index (χ1) is 15.0. The van der Waals surface area contributed by atoms with Crippen molar-refractivity contribution < 1.29 is 28.6 Å². The van der Waals surface area contributed by atoms with E-state index >= 15 is 0 Å². The lowest BCUT2D eigenvalue weighted by atomic mass is 10.1. The Labute approximate surface area is 178 Å². The molecule has 0 bridgehead atoms. The molecule has 0 fully saturated rings. The maximum absolute atomic E-state index is 12.4. The number of carbonyl (C=O) groups is 3. The Morgan fingerprint density at radius 2 is 1.68 bits per heavy atom. The van der Waals surface area contributed by atoms with Gasteiger partial charge < -0.3 is 19.2 Å². The van der Waals surface area contributed by atoms with E-state index in [1.807, 2.05) is 0 Å². The van der Waals surface area contributed by atoms with Crippen LogP contribution >= 0.6 is 0 Å². The zero-order valence-electron chi connectivity index (χ0n) is 17.3. The van der Waals surface area contributed by atoms with Crippen LogP contribution in [0.25, 0.3) is 10.9 Å². The fourth-order valence-electron chi connectivity index (χ4n) is 3.63. The van der Waals surface area contributed by atoms with Gasteiger partial charge in [0.25, 0.3) is 11.8 Å². The van der Waals surface area contributed by atoms with E-state index < -0.39 is 5.97 Å². The molecule has 160 valence electrons. The standard InChI is InChI=1S/C23H22N2O6/c1-29-15-11-14-12-18(24-20(14)19(13-15)30-2)23(28)31-10-6-5-9-25-21(26)16-7-3-4-8-17(16)22(25)27/h3-4,7-8,11-13,24H,5-6,9-10H2,1-2H3. The maximum Gasteiger partial charge on any atom is 0.354 e. The minimum absolute atomic E-state index is 0.178. The first-order valence-corrected chi connectivity index (χ1v) is 9.90. The summed E-state index contributed by atoms with van der Waals surface area (Å²) < 4.78 is 15.9. The molecule has 0 unspecified atom stereocenters. The molecular formula is C23H22N2O6. The highest BCUT2D eigenvalue weighted by Gasteiger charge is 2.34. The second kappa shape index (κ2) is 8.51. The topological polar surface area (TPSA) is 97.9 Å². The third-order valence-corrected chi connectivity index (χ3v) is 5.23. The smallest absolute Gasteiger partial charge is 0.354 e. The Kier molecular flexibility index (Phi) is 5.62. The number of aromatic amines is 1. The van der Waals surface area contributed by atoms with Crippen LogP contribution in [0.3, 0.4) is 0 Å². The van der Waals surface area contributed by atoms with Crippen molar-refractivity contribution in [2.75, 3.05) is 27.4 Å². The molecule has 8 nitrogen and oxygen atoms in total. The predicted octanol–water partition coefficient (Wildman–Crippen LogP) is 3.42. The van der Waals surface area contributed by atoms with E-state index in [1.54, 1.807) is 56.7 Å². The largest absolute Gasteiger partial charge is 0.497 e. The normalized spacial score (nSPS) is 12.9. The molecule has 0 spiro atoms. The predicted molar refractivity (Wildman–Crippen MR) is 113 cm³/mol. The van der Waals surface area contributed by atoms with Crippen molar-refractivity contribution in [1.29, 1.82) is 0 Å². The number of benzene rings is 2. The van der Waals surface area contributed by atoms with Crippen molar-refractivity contribution >= 4 is 28.7 Å². The highest BCUT2D eigenvalue weighted by molar-refractivity contribution is 6.21. The van der Waals surface area contributed by atoms with Gasteiger partial charge in [-0.05, 0) is 37.1 Å². The Hall–Kier alpha value is -3.81. The first kappa shape index (κ1) is 20.5. The van der Waals surface area contributed by atoms with E-state index in [1.165, 1.54) is 4.90 Å². The number of nitrogens with zero attached hydrogens (tertiary/aromatic N) is 1. The number of ether oxygens (including phenoxy) is 3. The molecule has 3 aromatic rings. The molecule has 0 saturated carbocycles. The number of unbranched alkanes of at least 4 members (excludes halogenated alkanes) is 1. The molecule has 1 N–H and O–H groups in total. The number of imide groups is 1. The van der Waals surface area contributed by atoms with Gasteiger partial charge in [0.15, 0.2) is 0 Å². The summed E-state index contributed by atoms with van der Waals surface area (Å²) in [5.41, 5.74) is 1.86. The minimum Gasteiger partial charge on any atom is -0.497 e. The van der Waals surface area contributed by atoms with Crippen molar-refractivity contribution in [2.45, 2.75) is 12.8 Å². The zero-order valence-corrected chi connectivity index (χ0v) is 17.3. The monoisotopic (exact) mass is 422 g/mol. The second-order valence-corrected chi connectivity index (χ2v) is 7.13. The molecule has 1 aliphatic rings. The number of hydrogen-bond acceptors (Lipinski definition) is 6. The number of fused-ring (bicyclic) bond motifs is 2. The number of carbonyl (C=O) groups excluding carboxylic acids is 3. The average molecular weight is 422 g/mol. The summed E-state index contributed by atoms with van der Waals surface area (Å²) in [6, 6.07) is 12.0. The Morgan fingerprint density at radius 3 is 2.32 bits per heavy atom. The summed E-state index contributed by atoms with van der Waals surface area (Å²) in [6.45, 7) is 0.463. The molecule has 2 heterocycles. The molecule has 0 radical (unpaired) electrons. The van der Waals surface area contributed by atoms with Gasteiger partial charge in [0.05, 0.1) is 37.5 Å². The average Bonchev–Trinajstić information content (AvgIpc) is 3.33. The fraction of sp³-hybridized carbons (Fsp3) is 0.261. The van der Waals surface area contributed by atoms with Crippen LogP contribution in [0.2, 0.25) is 0 Å². The molecular weight excluding hydrogens is 400 g/mol. The van der Waals surface area contributed by atoms with E-state index in [2.05, 4.69) is 4.98 Å². The summed E-state index contributed by atoms with van der Waals surface area (Å²) in [4.78, 5) is 41.3. The Bertz CT molecular complexity index is 1130. The van der Waals surface area contributed by atoms with E-state index in [9.17, 15) is 14.4 Å². The fourth-order valence-corrected chi connectivity index (χ4v) is 3.63. The van der Waals surface area contributed by atoms with Crippen LogP contribution in [0.15, 0.2) is 42.5 Å². The number of methoxy groups -OCH3 is 2. The molecule has 0 saturated heterocycles. The van der Waals surface area contributed by atoms with Crippen LogP contribution in [0.4, 0.5) is 0 Å². The summed E-state index contributed by atoms with van der Waals surface area (Å²) in [5, 5.41) is 0.772. The lowest BCUT2D eigenvalue weighted by molar-refractivity contribution is 0.0480. The quantitative estimate of drug-likeness (QED) is 0.339. The van der Waals surface area contributed by atoms with Crippen molar-refractivity contribution in [3.05, 3.63) is 59.3 Å². The molecule has 1 aromatic heterocycles. The van der Waals surface area contributed by atoms with E-state index in [4.69, 9.17) is 14.2 Å². The first-order valence-electron chi connectivity index (χ1n) is 9.90. The third kappa shape index (κ3) is 3.84. The van der Waals surface area contributed by atoms with Gasteiger partial charge in [-0.3, -0.25) is 14.5 Å². The van der Waals surface area contributed by atoms with Crippen LogP contribution < -0.4 is 9.47 Å². The highest BCUT2D eigenvalue weighted by atomic mass is 16.5. The van der Waals surface area contributed by atoms with Crippen LogP contribution in [0.1, 0.15) is 44.0 Å². The maximum atomic E-state index is 12.4. The summed E-state index contributed by atoms with van der Waals surface area (Å²) in [7, 11) is 3.10. The summed E-state index contributed by atoms with van der Waals surface area (Å²) >= 11 is 0. The van der Waals surface area contributed by atoms with Gasteiger partial charge in [-0.2, -0.15) is 0 Å². The second-order valence-electron chi connectivity index (χ2n) is 7.13. The van der Waals surface area contributed by atoms with Gasteiger partial charge in [0, 0.05) is 18.0 Å². The van der Waals surface area contributed by atoms with E-state index in [0.717, 1.165) is 5.39 Å². The number of aromatic nitrogens is 1. The van der Waals surface area contributed by atoms with Crippen LogP contribution in [0.5, 0.6) is 11.5 Å². The number of hydrogen-bond donors (Lipinski definition) is 1. The lowest BCUT2D eigenvalue weighted by Crippen LogP contribution is -2.30. The molecule has 0 aliphatic carbocycles. The number of H-pyrrole nitrogens is 1. The third-order valence-electron chi connectivity index (χ3n) is 5.23. The zero-order chi connectivity index (χ0) is 22.0. The van der Waals surface area contributed by atoms with Crippen LogP contribution in [-0.2, 0) is 4.74 Å². The molecule has 0 atom stereocenters. The van der Waals surface area contributed by atoms with Crippen molar-refractivity contribution in [3.8, 4) is 11.5 Å². The van der Waals surface area contributed by atoms with Crippen LogP contribution in [0, 0.1) is 0 Å². The number of amides is 2. The molecule has 31 heavy (non-hydrogen) atoms. The minimum atomic E-state index is -0.488. The molecule has 4 rings (SSSR count). The Balaban J connectivity index is 1.30. The van der Waals surface area contributed by atoms with Crippen molar-refractivity contribution in [3.63, 3.8) is 0 Å². The molecule has 1 aliphatic heterocycles. The van der Waals surface area contributed by atoms with Gasteiger partial charge in [-0.1, -0.05) is 12.1 Å². The molecule has 2 aromatic carbocycles. The molecule has 8 heteroatoms. The number of esters is 1. The van der Waals surface area contributed by atoms with E-state index in [0.29, 0.717) is 46.7 Å². The van der Waals surface area contributed by atoms with E-state index in [-0.39, 0.29) is 25.0 Å². The van der Waals surface area contributed by atoms with Gasteiger partial charge in [-0.15, -0.1) is 0 Å². The van der Waals surface area contributed by atoms with Gasteiger partial charge >= 0.3 is 5.97 Å².